The maximum absolute atomic E-state index is 14.9. The Hall–Kier alpha value is -4.21. The van der Waals surface area contributed by atoms with Crippen molar-refractivity contribution >= 4 is 36.7 Å². The monoisotopic (exact) mass is 603 g/mol. The zero-order valence-electron chi connectivity index (χ0n) is 21.0. The number of pyridine rings is 1. The van der Waals surface area contributed by atoms with E-state index in [2.05, 4.69) is 15.0 Å². The Morgan fingerprint density at radius 3 is 2.02 bits per heavy atom. The Morgan fingerprint density at radius 2 is 1.46 bits per heavy atom. The fourth-order valence-corrected chi connectivity index (χ4v) is 5.51. The normalized spacial score (nSPS) is 15.2. The van der Waals surface area contributed by atoms with Crippen LogP contribution in [0.4, 0.5) is 23.2 Å². The zero-order chi connectivity index (χ0) is 29.2. The van der Waals surface area contributed by atoms with Crippen molar-refractivity contribution in [2.45, 2.75) is 19.1 Å². The summed E-state index contributed by atoms with van der Waals surface area (Å²) in [6, 6.07) is 19.1. The van der Waals surface area contributed by atoms with Crippen LogP contribution in [0.25, 0.3) is 0 Å². The average Bonchev–Trinajstić information content (AvgIpc) is 3.05. The lowest BCUT2D eigenvalue weighted by molar-refractivity contribution is -0.137. The molecule has 4 aromatic rings. The summed E-state index contributed by atoms with van der Waals surface area (Å²) in [5.74, 6) is -0.908. The molecule has 1 atom stereocenters. The van der Waals surface area contributed by atoms with Gasteiger partial charge in [0, 0.05) is 11.8 Å². The Labute approximate surface area is 236 Å². The maximum Gasteiger partial charge on any atom is 0.648 e. The topological polar surface area (TPSA) is 82.4 Å². The molecule has 0 spiro atoms. The van der Waals surface area contributed by atoms with Gasteiger partial charge < -0.3 is 13.6 Å². The van der Waals surface area contributed by atoms with Gasteiger partial charge in [0.15, 0.2) is 5.82 Å². The molecule has 2 heterocycles. The van der Waals surface area contributed by atoms with Crippen LogP contribution >= 0.6 is 19.4 Å². The number of fused-ring (bicyclic) bond motifs is 1. The van der Waals surface area contributed by atoms with Crippen LogP contribution in [0.1, 0.15) is 23.7 Å². The van der Waals surface area contributed by atoms with Gasteiger partial charge in [-0.05, 0) is 55.5 Å². The van der Waals surface area contributed by atoms with Crippen molar-refractivity contribution in [3.63, 3.8) is 0 Å². The lowest BCUT2D eigenvalue weighted by Gasteiger charge is -2.21. The van der Waals surface area contributed by atoms with Gasteiger partial charge in [-0.25, -0.2) is 9.38 Å². The number of phosphoric ester groups is 1. The van der Waals surface area contributed by atoms with Crippen molar-refractivity contribution in [3.8, 4) is 11.5 Å². The van der Waals surface area contributed by atoms with Crippen LogP contribution in [0.2, 0.25) is 5.02 Å². The summed E-state index contributed by atoms with van der Waals surface area (Å²) >= 11 is 6.26. The fraction of sp³-hybridized carbons (Fsp3) is 0.107. The van der Waals surface area contributed by atoms with E-state index in [1.807, 2.05) is 0 Å². The Bertz CT molecular complexity index is 1640. The van der Waals surface area contributed by atoms with Gasteiger partial charge in [-0.3, -0.25) is 9.98 Å². The van der Waals surface area contributed by atoms with Crippen molar-refractivity contribution in [1.82, 2.24) is 4.98 Å². The number of halogens is 5. The lowest BCUT2D eigenvalue weighted by Crippen LogP contribution is -2.21. The van der Waals surface area contributed by atoms with Crippen LogP contribution in [0.15, 0.2) is 101 Å². The summed E-state index contributed by atoms with van der Waals surface area (Å²) in [5.41, 5.74) is -2.32. The van der Waals surface area contributed by atoms with E-state index in [4.69, 9.17) is 25.2 Å². The number of nitrogens with zero attached hydrogens (tertiary/aromatic N) is 3. The molecule has 0 radical (unpaired) electrons. The van der Waals surface area contributed by atoms with Gasteiger partial charge >= 0.3 is 14.0 Å². The molecule has 7 nitrogen and oxygen atoms in total. The molecule has 1 aromatic heterocycles. The molecule has 1 aliphatic heterocycles. The third-order valence-electron chi connectivity index (χ3n) is 5.68. The molecule has 0 saturated carbocycles. The summed E-state index contributed by atoms with van der Waals surface area (Å²) in [4.78, 5) is 12.7. The van der Waals surface area contributed by atoms with Gasteiger partial charge in [0.1, 0.15) is 23.2 Å². The molecule has 210 valence electrons. The van der Waals surface area contributed by atoms with Gasteiger partial charge in [-0.15, -0.1) is 0 Å². The Morgan fingerprint density at radius 1 is 0.854 bits per heavy atom. The van der Waals surface area contributed by atoms with Gasteiger partial charge in [0.2, 0.25) is 5.90 Å². The Kier molecular flexibility index (Phi) is 7.84. The SMILES string of the molecule is CC1N=C(c2ncccc2F)c2c(ccc(C(F)(F)F)c2Cl)N=C1OP(=O)(Oc1ccccc1)Oc1ccccc1. The maximum atomic E-state index is 14.9. The van der Waals surface area contributed by atoms with E-state index in [9.17, 15) is 22.1 Å². The van der Waals surface area contributed by atoms with E-state index in [0.29, 0.717) is 0 Å². The Balaban J connectivity index is 1.65. The second kappa shape index (κ2) is 11.3. The van der Waals surface area contributed by atoms with Crippen LogP contribution in [-0.4, -0.2) is 22.6 Å². The lowest BCUT2D eigenvalue weighted by atomic mass is 10.0. The van der Waals surface area contributed by atoms with E-state index in [-0.39, 0.29) is 40.1 Å². The van der Waals surface area contributed by atoms with Crippen molar-refractivity contribution in [2.24, 2.45) is 9.98 Å². The minimum Gasteiger partial charge on any atom is -0.386 e. The molecule has 0 fully saturated rings. The first-order chi connectivity index (χ1) is 19.5. The summed E-state index contributed by atoms with van der Waals surface area (Å²) in [5, 5.41) is -0.764. The molecule has 41 heavy (non-hydrogen) atoms. The number of para-hydroxylation sites is 2. The highest BCUT2D eigenvalue weighted by Gasteiger charge is 2.40. The van der Waals surface area contributed by atoms with Crippen molar-refractivity contribution in [1.29, 1.82) is 0 Å². The minimum absolute atomic E-state index is 0.145. The smallest absolute Gasteiger partial charge is 0.386 e. The predicted molar refractivity (Wildman–Crippen MR) is 146 cm³/mol. The second-order valence-corrected chi connectivity index (χ2v) is 10.4. The standard InChI is InChI=1S/C28H19ClF4N3O4P/c1-17-27(40-41(37,38-18-9-4-2-5-10-18)39-19-11-6-3-7-12-19)36-22-15-14-20(28(31,32)33)24(29)23(22)26(35-17)25-21(30)13-8-16-34-25/h2-17H,1H3. The third-order valence-corrected chi connectivity index (χ3v) is 7.35. The van der Waals surface area contributed by atoms with Crippen LogP contribution in [0.5, 0.6) is 11.5 Å². The number of rotatable bonds is 6. The molecule has 0 N–H and O–H groups in total. The van der Waals surface area contributed by atoms with Crippen LogP contribution in [0, 0.1) is 5.82 Å². The van der Waals surface area contributed by atoms with E-state index < -0.39 is 36.4 Å². The average molecular weight is 604 g/mol. The number of aromatic nitrogens is 1. The van der Waals surface area contributed by atoms with Crippen molar-refractivity contribution in [3.05, 3.63) is 119 Å². The van der Waals surface area contributed by atoms with E-state index in [1.165, 1.54) is 43.5 Å². The summed E-state index contributed by atoms with van der Waals surface area (Å²) in [6.07, 6.45) is -3.57. The molecule has 1 aliphatic rings. The van der Waals surface area contributed by atoms with Crippen LogP contribution in [0.3, 0.4) is 0 Å². The largest absolute Gasteiger partial charge is 0.648 e. The van der Waals surface area contributed by atoms with Gasteiger partial charge in [0.25, 0.3) is 0 Å². The molecular weight excluding hydrogens is 585 g/mol. The minimum atomic E-state index is -4.83. The second-order valence-electron chi connectivity index (χ2n) is 8.60. The summed E-state index contributed by atoms with van der Waals surface area (Å²) in [6.45, 7) is 1.46. The number of phosphoric acid groups is 1. The first kappa shape index (κ1) is 28.3. The first-order valence-electron chi connectivity index (χ1n) is 12.0. The molecule has 13 heteroatoms. The number of aliphatic imine (C=N–C) groups is 2. The number of benzene rings is 3. The molecule has 0 saturated heterocycles. The molecule has 0 bridgehead atoms. The van der Waals surface area contributed by atoms with Crippen LogP contribution < -0.4 is 9.05 Å². The quantitative estimate of drug-likeness (QED) is 0.163. The van der Waals surface area contributed by atoms with E-state index in [1.54, 1.807) is 36.4 Å². The van der Waals surface area contributed by atoms with Gasteiger partial charge in [-0.2, -0.15) is 17.7 Å². The summed E-state index contributed by atoms with van der Waals surface area (Å²) < 4.78 is 87.3. The number of hydrogen-bond acceptors (Lipinski definition) is 7. The molecule has 0 amide bonds. The predicted octanol–water partition coefficient (Wildman–Crippen LogP) is 8.45. The molecule has 1 unspecified atom stereocenters. The summed E-state index contributed by atoms with van der Waals surface area (Å²) in [7, 11) is -4.55. The highest BCUT2D eigenvalue weighted by atomic mass is 35.5. The van der Waals surface area contributed by atoms with Crippen LogP contribution in [-0.2, 0) is 15.3 Å². The highest BCUT2D eigenvalue weighted by molar-refractivity contribution is 7.50. The zero-order valence-corrected chi connectivity index (χ0v) is 22.7. The van der Waals surface area contributed by atoms with E-state index in [0.717, 1.165) is 18.2 Å². The van der Waals surface area contributed by atoms with Crippen molar-refractivity contribution < 1.29 is 35.7 Å². The first-order valence-corrected chi connectivity index (χ1v) is 13.8. The number of alkyl halides is 3. The molecule has 3 aromatic carbocycles. The third kappa shape index (κ3) is 6.26. The molecule has 0 aliphatic carbocycles. The molecule has 5 rings (SSSR count). The van der Waals surface area contributed by atoms with Gasteiger partial charge in [0.05, 0.1) is 22.0 Å². The van der Waals surface area contributed by atoms with Gasteiger partial charge in [-0.1, -0.05) is 48.0 Å². The highest BCUT2D eigenvalue weighted by Crippen LogP contribution is 2.51. The van der Waals surface area contributed by atoms with Crippen molar-refractivity contribution in [2.75, 3.05) is 0 Å². The number of hydrogen-bond donors (Lipinski definition) is 0. The molecular formula is C28H19ClF4N3O4P. The van der Waals surface area contributed by atoms with E-state index >= 15 is 0 Å². The fourth-order valence-electron chi connectivity index (χ4n) is 3.86.